The van der Waals surface area contributed by atoms with Gasteiger partial charge >= 0.3 is 0 Å². The monoisotopic (exact) mass is 533 g/mol. The second-order valence-corrected chi connectivity index (χ2v) is 7.29. The summed E-state index contributed by atoms with van der Waals surface area (Å²) < 4.78 is 11.3. The fourth-order valence-electron chi connectivity index (χ4n) is 3.23. The summed E-state index contributed by atoms with van der Waals surface area (Å²) in [6.07, 6.45) is 8.01. The molecule has 0 bridgehead atoms. The average molecular weight is 534 g/mol. The van der Waals surface area contributed by atoms with Gasteiger partial charge in [0.25, 0.3) is 0 Å². The van der Waals surface area contributed by atoms with Crippen molar-refractivity contribution >= 4 is 41.5 Å². The molecule has 3 rings (SSSR count). The second-order valence-electron chi connectivity index (χ2n) is 6.86. The minimum Gasteiger partial charge on any atom is -0.376 e. The number of rotatable bonds is 7. The summed E-state index contributed by atoms with van der Waals surface area (Å²) in [7, 11) is 1.73. The summed E-state index contributed by atoms with van der Waals surface area (Å²) in [4.78, 5) is 8.60. The molecule has 0 atom stereocenters. The number of aromatic nitrogens is 2. The van der Waals surface area contributed by atoms with E-state index in [2.05, 4.69) is 25.8 Å². The lowest BCUT2D eigenvalue weighted by Gasteiger charge is -2.16. The Labute approximate surface area is 194 Å². The van der Waals surface area contributed by atoms with Crippen LogP contribution in [0.15, 0.2) is 33.8 Å². The van der Waals surface area contributed by atoms with Gasteiger partial charge in [-0.15, -0.1) is 24.0 Å². The summed E-state index contributed by atoms with van der Waals surface area (Å²) in [6, 6.07) is 7.32. The molecule has 0 amide bonds. The third-order valence-corrected chi connectivity index (χ3v) is 5.00. The van der Waals surface area contributed by atoms with Gasteiger partial charge in [-0.25, -0.2) is 0 Å². The summed E-state index contributed by atoms with van der Waals surface area (Å²) in [5.41, 5.74) is 0.859. The first kappa shape index (κ1) is 23.9. The van der Waals surface area contributed by atoms with Crippen molar-refractivity contribution in [1.29, 1.82) is 0 Å². The van der Waals surface area contributed by atoms with Crippen LogP contribution in [0, 0.1) is 0 Å². The van der Waals surface area contributed by atoms with E-state index in [0.717, 1.165) is 5.56 Å². The maximum absolute atomic E-state index is 5.99. The Kier molecular flexibility index (Phi) is 10.7. The summed E-state index contributed by atoms with van der Waals surface area (Å²) in [6.45, 7) is 1.77. The fraction of sp³-hybridized carbons (Fsp3) is 0.550. The molecule has 0 unspecified atom stereocenters. The Morgan fingerprint density at radius 1 is 1.17 bits per heavy atom. The van der Waals surface area contributed by atoms with Crippen LogP contribution in [0.4, 0.5) is 0 Å². The number of aliphatic imine (C=N–C) groups is 1. The van der Waals surface area contributed by atoms with Crippen molar-refractivity contribution in [2.45, 2.75) is 51.2 Å². The average Bonchev–Trinajstić information content (AvgIpc) is 3.03. The number of halogens is 2. The number of nitrogens with one attached hydrogen (secondary N) is 2. The van der Waals surface area contributed by atoms with Crippen LogP contribution >= 0.6 is 35.6 Å². The first-order valence-corrected chi connectivity index (χ1v) is 10.3. The molecule has 9 heteroatoms. The Morgan fingerprint density at radius 3 is 2.59 bits per heavy atom. The molecule has 160 valence electrons. The number of guanidine groups is 1. The van der Waals surface area contributed by atoms with Crippen molar-refractivity contribution in [1.82, 2.24) is 20.8 Å². The highest BCUT2D eigenvalue weighted by Gasteiger charge is 2.12. The first-order valence-electron chi connectivity index (χ1n) is 9.89. The highest BCUT2D eigenvalue weighted by atomic mass is 127. The van der Waals surface area contributed by atoms with Gasteiger partial charge in [0.05, 0.1) is 19.3 Å². The minimum absolute atomic E-state index is 0. The van der Waals surface area contributed by atoms with Crippen LogP contribution in [-0.4, -0.2) is 42.4 Å². The molecule has 1 aromatic carbocycles. The maximum atomic E-state index is 5.99. The lowest BCUT2D eigenvalue weighted by Crippen LogP contribution is -2.39. The zero-order valence-corrected chi connectivity index (χ0v) is 19.8. The molecule has 7 nitrogen and oxygen atoms in total. The predicted octanol–water partition coefficient (Wildman–Crippen LogP) is 4.41. The molecule has 2 aromatic rings. The number of hydrogen-bond acceptors (Lipinski definition) is 5. The molecule has 1 heterocycles. The van der Waals surface area contributed by atoms with Crippen LogP contribution in [0.3, 0.4) is 0 Å². The van der Waals surface area contributed by atoms with Crippen LogP contribution in [0.25, 0.3) is 11.4 Å². The van der Waals surface area contributed by atoms with E-state index in [9.17, 15) is 0 Å². The summed E-state index contributed by atoms with van der Waals surface area (Å²) in [5.74, 6) is 1.70. The smallest absolute Gasteiger partial charge is 0.246 e. The van der Waals surface area contributed by atoms with Crippen molar-refractivity contribution in [3.05, 3.63) is 35.2 Å². The predicted molar refractivity (Wildman–Crippen MR) is 126 cm³/mol. The normalized spacial score (nSPS) is 15.4. The lowest BCUT2D eigenvalue weighted by atomic mass is 10.1. The molecule has 1 fully saturated rings. The van der Waals surface area contributed by atoms with Gasteiger partial charge in [-0.05, 0) is 37.1 Å². The van der Waals surface area contributed by atoms with Crippen molar-refractivity contribution in [2.75, 3.05) is 20.2 Å². The van der Waals surface area contributed by atoms with Gasteiger partial charge < -0.3 is 19.9 Å². The van der Waals surface area contributed by atoms with Gasteiger partial charge in [-0.3, -0.25) is 4.99 Å². The second kappa shape index (κ2) is 13.0. The van der Waals surface area contributed by atoms with E-state index in [1.165, 1.54) is 38.5 Å². The van der Waals surface area contributed by atoms with E-state index in [4.69, 9.17) is 20.9 Å². The highest BCUT2D eigenvalue weighted by Crippen LogP contribution is 2.20. The van der Waals surface area contributed by atoms with Gasteiger partial charge in [0.1, 0.15) is 0 Å². The number of benzene rings is 1. The largest absolute Gasteiger partial charge is 0.376 e. The quantitative estimate of drug-likeness (QED) is 0.180. The van der Waals surface area contributed by atoms with E-state index in [1.54, 1.807) is 19.2 Å². The number of hydrogen-bond donors (Lipinski definition) is 2. The standard InChI is InChI=1S/C20H28ClN5O2.HI/c1-22-20(23-12-13-27-17-6-4-2-3-5-7-17)24-14-18-25-19(26-28-18)15-8-10-16(21)11-9-15;/h8-11,17H,2-7,12-14H2,1H3,(H2,22,23,24);1H. The SMILES string of the molecule is CN=C(NCCOC1CCCCCC1)NCc1nc(-c2ccc(Cl)cc2)no1.I. The highest BCUT2D eigenvalue weighted by molar-refractivity contribution is 14.0. The van der Waals surface area contributed by atoms with E-state index < -0.39 is 0 Å². The third kappa shape index (κ3) is 8.10. The summed E-state index contributed by atoms with van der Waals surface area (Å²) in [5, 5.41) is 11.1. The van der Waals surface area contributed by atoms with Crippen molar-refractivity contribution in [3.8, 4) is 11.4 Å². The van der Waals surface area contributed by atoms with Crippen LogP contribution in [-0.2, 0) is 11.3 Å². The molecule has 0 radical (unpaired) electrons. The zero-order chi connectivity index (χ0) is 19.6. The molecule has 1 aliphatic carbocycles. The first-order chi connectivity index (χ1) is 13.7. The van der Waals surface area contributed by atoms with Gasteiger partial charge in [0.2, 0.25) is 11.7 Å². The van der Waals surface area contributed by atoms with Crippen LogP contribution in [0.5, 0.6) is 0 Å². The van der Waals surface area contributed by atoms with E-state index in [-0.39, 0.29) is 24.0 Å². The van der Waals surface area contributed by atoms with E-state index in [0.29, 0.717) is 48.5 Å². The Hall–Kier alpha value is -1.39. The molecule has 29 heavy (non-hydrogen) atoms. The van der Waals surface area contributed by atoms with Crippen LogP contribution < -0.4 is 10.6 Å². The van der Waals surface area contributed by atoms with Crippen molar-refractivity contribution < 1.29 is 9.26 Å². The molecule has 1 aromatic heterocycles. The van der Waals surface area contributed by atoms with Crippen LogP contribution in [0.1, 0.15) is 44.4 Å². The lowest BCUT2D eigenvalue weighted by molar-refractivity contribution is 0.0468. The third-order valence-electron chi connectivity index (χ3n) is 4.75. The molecule has 0 spiro atoms. The zero-order valence-electron chi connectivity index (χ0n) is 16.7. The maximum Gasteiger partial charge on any atom is 0.246 e. The molecule has 2 N–H and O–H groups in total. The van der Waals surface area contributed by atoms with Crippen molar-refractivity contribution in [3.63, 3.8) is 0 Å². The Bertz CT molecular complexity index is 746. The topological polar surface area (TPSA) is 84.6 Å². The van der Waals surface area contributed by atoms with Gasteiger partial charge in [0.15, 0.2) is 5.96 Å². The molecule has 0 saturated heterocycles. The molecule has 0 aliphatic heterocycles. The molecular weight excluding hydrogens is 505 g/mol. The van der Waals surface area contributed by atoms with E-state index >= 15 is 0 Å². The number of ether oxygens (including phenoxy) is 1. The van der Waals surface area contributed by atoms with Gasteiger partial charge in [-0.1, -0.05) is 42.4 Å². The number of nitrogens with zero attached hydrogens (tertiary/aromatic N) is 3. The fourth-order valence-corrected chi connectivity index (χ4v) is 3.35. The molecular formula is C20H29ClIN5O2. The van der Waals surface area contributed by atoms with Gasteiger partial charge in [-0.2, -0.15) is 4.98 Å². The van der Waals surface area contributed by atoms with E-state index in [1.807, 2.05) is 12.1 Å². The Morgan fingerprint density at radius 2 is 1.90 bits per heavy atom. The molecule has 1 saturated carbocycles. The summed E-state index contributed by atoms with van der Waals surface area (Å²) >= 11 is 5.90. The van der Waals surface area contributed by atoms with Crippen LogP contribution in [0.2, 0.25) is 5.02 Å². The van der Waals surface area contributed by atoms with Crippen molar-refractivity contribution in [2.24, 2.45) is 4.99 Å². The van der Waals surface area contributed by atoms with Gasteiger partial charge in [0, 0.05) is 24.2 Å². The Balaban J connectivity index is 0.00000300. The minimum atomic E-state index is 0. The molecule has 1 aliphatic rings.